The van der Waals surface area contributed by atoms with Crippen LogP contribution in [-0.2, 0) is 14.4 Å². The molecule has 0 saturated heterocycles. The maximum atomic E-state index is 13.0. The van der Waals surface area contributed by atoms with Gasteiger partial charge in [0.05, 0.1) is 0 Å². The number of rotatable bonds is 34. The average Bonchev–Trinajstić information content (AvgIpc) is 3.01. The Kier molecular flexibility index (Phi) is 30.5. The number of aliphatic hydroxyl groups is 1. The quantitative estimate of drug-likeness (QED) is 0.0529. The zero-order chi connectivity index (χ0) is 32.7. The summed E-state index contributed by atoms with van der Waals surface area (Å²) in [4.78, 5) is 37.7. The highest BCUT2D eigenvalue weighted by molar-refractivity contribution is 5.92. The van der Waals surface area contributed by atoms with Gasteiger partial charge in [-0.1, -0.05) is 168 Å². The predicted octanol–water partition coefficient (Wildman–Crippen LogP) is 9.02. The molecule has 3 unspecified atom stereocenters. The van der Waals surface area contributed by atoms with Gasteiger partial charge >= 0.3 is 5.97 Å². The number of aliphatic carboxylic acids is 1. The first-order valence-electron chi connectivity index (χ1n) is 18.8. The van der Waals surface area contributed by atoms with Gasteiger partial charge in [-0.05, 0) is 25.8 Å². The van der Waals surface area contributed by atoms with E-state index in [1.54, 1.807) is 0 Å². The van der Waals surface area contributed by atoms with Gasteiger partial charge in [0.2, 0.25) is 5.91 Å². The third-order valence-electron chi connectivity index (χ3n) is 9.02. The topological polar surface area (TPSA) is 130 Å². The van der Waals surface area contributed by atoms with Crippen molar-refractivity contribution in [3.05, 3.63) is 0 Å². The van der Waals surface area contributed by atoms with E-state index >= 15 is 0 Å². The number of aliphatic hydroxyl groups excluding tert-OH is 1. The molecule has 0 bridgehead atoms. The number of carboxylic acids is 1. The zero-order valence-electron chi connectivity index (χ0n) is 28.9. The molecule has 0 aliphatic heterocycles. The molecule has 0 aromatic rings. The fourth-order valence-electron chi connectivity index (χ4n) is 6.09. The summed E-state index contributed by atoms with van der Waals surface area (Å²) in [7, 11) is 0. The molecule has 0 aliphatic carbocycles. The second-order valence-electron chi connectivity index (χ2n) is 13.2. The fourth-order valence-corrected chi connectivity index (χ4v) is 6.09. The van der Waals surface area contributed by atoms with Crippen LogP contribution in [0.4, 0.5) is 0 Å². The van der Waals surface area contributed by atoms with Gasteiger partial charge in [0.15, 0.2) is 0 Å². The molecule has 0 rings (SSSR count). The maximum Gasteiger partial charge on any atom is 0.326 e. The van der Waals surface area contributed by atoms with E-state index in [9.17, 15) is 24.6 Å². The van der Waals surface area contributed by atoms with Gasteiger partial charge < -0.3 is 21.3 Å². The fraction of sp³-hybridized carbons (Fsp3) is 0.919. The molecule has 0 spiro atoms. The number of hydrogen-bond donors (Lipinski definition) is 4. The third-order valence-corrected chi connectivity index (χ3v) is 9.02. The van der Waals surface area contributed by atoms with E-state index in [2.05, 4.69) is 19.2 Å². The maximum absolute atomic E-state index is 13.0. The number of carboxylic acid groups (broad SMARTS) is 1. The standard InChI is InChI=1S/C37H72N2O5/c1-3-5-7-9-11-13-15-17-19-20-22-24-26-28-33(40)32(30-31-38)35(37(43)44)39-36(42)34(41)29-27-25-23-21-18-16-14-12-10-8-6-4-2/h32,34-35,41H,3-31,38H2,1-2H3,(H,39,42)(H,43,44). The van der Waals surface area contributed by atoms with E-state index in [1.807, 2.05) is 0 Å². The van der Waals surface area contributed by atoms with Gasteiger partial charge in [-0.15, -0.1) is 0 Å². The Morgan fingerprint density at radius 2 is 0.932 bits per heavy atom. The number of ketones is 1. The summed E-state index contributed by atoms with van der Waals surface area (Å²) in [5.74, 6) is -3.01. The smallest absolute Gasteiger partial charge is 0.326 e. The van der Waals surface area contributed by atoms with Crippen LogP contribution in [0.15, 0.2) is 0 Å². The molecular formula is C37H72N2O5. The van der Waals surface area contributed by atoms with Crippen LogP contribution >= 0.6 is 0 Å². The molecule has 7 nitrogen and oxygen atoms in total. The number of nitrogens with one attached hydrogen (secondary N) is 1. The number of unbranched alkanes of at least 4 members (excludes halogenated alkanes) is 23. The van der Waals surface area contributed by atoms with Crippen molar-refractivity contribution in [1.82, 2.24) is 5.32 Å². The Balaban J connectivity index is 4.22. The van der Waals surface area contributed by atoms with Crippen LogP contribution in [0.1, 0.15) is 194 Å². The lowest BCUT2D eigenvalue weighted by molar-refractivity contribution is -0.147. The lowest BCUT2D eigenvalue weighted by atomic mass is 9.88. The first kappa shape index (κ1) is 42.5. The highest BCUT2D eigenvalue weighted by Crippen LogP contribution is 2.18. The summed E-state index contributed by atoms with van der Waals surface area (Å²) in [6.45, 7) is 4.65. The van der Waals surface area contributed by atoms with Crippen molar-refractivity contribution >= 4 is 17.7 Å². The third kappa shape index (κ3) is 24.8. The molecule has 0 aromatic carbocycles. The lowest BCUT2D eigenvalue weighted by Gasteiger charge is -2.24. The van der Waals surface area contributed by atoms with Crippen LogP contribution in [0.25, 0.3) is 0 Å². The molecule has 1 amide bonds. The molecule has 3 atom stereocenters. The Hall–Kier alpha value is -1.47. The molecule has 0 saturated carbocycles. The zero-order valence-corrected chi connectivity index (χ0v) is 28.9. The Bertz CT molecular complexity index is 687. The van der Waals surface area contributed by atoms with Crippen molar-refractivity contribution in [2.45, 2.75) is 206 Å². The number of carbonyl (C=O) groups excluding carboxylic acids is 2. The largest absolute Gasteiger partial charge is 0.480 e. The van der Waals surface area contributed by atoms with Crippen molar-refractivity contribution in [3.63, 3.8) is 0 Å². The van der Waals surface area contributed by atoms with Crippen molar-refractivity contribution in [3.8, 4) is 0 Å². The van der Waals surface area contributed by atoms with Crippen LogP contribution in [0, 0.1) is 5.92 Å². The molecule has 44 heavy (non-hydrogen) atoms. The number of hydrogen-bond acceptors (Lipinski definition) is 5. The molecule has 260 valence electrons. The Labute approximate surface area is 271 Å². The van der Waals surface area contributed by atoms with Gasteiger partial charge in [-0.2, -0.15) is 0 Å². The molecule has 5 N–H and O–H groups in total. The van der Waals surface area contributed by atoms with Crippen LogP contribution in [0.3, 0.4) is 0 Å². The van der Waals surface area contributed by atoms with Crippen molar-refractivity contribution in [2.75, 3.05) is 6.54 Å². The summed E-state index contributed by atoms with van der Waals surface area (Å²) < 4.78 is 0. The van der Waals surface area contributed by atoms with Gasteiger partial charge in [0.25, 0.3) is 0 Å². The van der Waals surface area contributed by atoms with E-state index in [4.69, 9.17) is 5.73 Å². The van der Waals surface area contributed by atoms with Crippen molar-refractivity contribution in [1.29, 1.82) is 0 Å². The molecule has 0 fully saturated rings. The number of amides is 1. The highest BCUT2D eigenvalue weighted by atomic mass is 16.4. The van der Waals surface area contributed by atoms with Crippen LogP contribution in [0.5, 0.6) is 0 Å². The second-order valence-corrected chi connectivity index (χ2v) is 13.2. The summed E-state index contributed by atoms with van der Waals surface area (Å²) in [5.41, 5.74) is 5.72. The summed E-state index contributed by atoms with van der Waals surface area (Å²) in [5, 5.41) is 22.7. The minimum Gasteiger partial charge on any atom is -0.480 e. The monoisotopic (exact) mass is 625 g/mol. The minimum atomic E-state index is -1.36. The van der Waals surface area contributed by atoms with Crippen LogP contribution < -0.4 is 11.1 Å². The molecule has 0 heterocycles. The summed E-state index contributed by atoms with van der Waals surface area (Å²) >= 11 is 0. The number of carbonyl (C=O) groups is 3. The molecule has 0 aliphatic rings. The summed E-state index contributed by atoms with van der Waals surface area (Å²) in [6, 6.07) is -1.36. The first-order valence-corrected chi connectivity index (χ1v) is 18.8. The summed E-state index contributed by atoms with van der Waals surface area (Å²) in [6.07, 6.45) is 29.6. The second kappa shape index (κ2) is 31.5. The average molecular weight is 625 g/mol. The van der Waals surface area contributed by atoms with E-state index < -0.39 is 29.9 Å². The minimum absolute atomic E-state index is 0.163. The van der Waals surface area contributed by atoms with Gasteiger partial charge in [0.1, 0.15) is 17.9 Å². The van der Waals surface area contributed by atoms with Gasteiger partial charge in [-0.3, -0.25) is 9.59 Å². The molecule has 0 aromatic heterocycles. The molecular weight excluding hydrogens is 552 g/mol. The molecule has 7 heteroatoms. The Morgan fingerprint density at radius 3 is 1.30 bits per heavy atom. The van der Waals surface area contributed by atoms with E-state index in [0.717, 1.165) is 32.1 Å². The number of Topliss-reactive ketones (excluding diaryl/α,β-unsaturated/α-hetero) is 1. The van der Waals surface area contributed by atoms with Crippen molar-refractivity contribution in [2.24, 2.45) is 11.7 Å². The predicted molar refractivity (Wildman–Crippen MR) is 184 cm³/mol. The SMILES string of the molecule is CCCCCCCCCCCCCCCC(=O)C(CCN)C(NC(=O)C(O)CCCCCCCCCCCCCC)C(=O)O. The van der Waals surface area contributed by atoms with E-state index in [-0.39, 0.29) is 18.7 Å². The van der Waals surface area contributed by atoms with Crippen LogP contribution in [0.2, 0.25) is 0 Å². The van der Waals surface area contributed by atoms with E-state index in [0.29, 0.717) is 19.3 Å². The van der Waals surface area contributed by atoms with Gasteiger partial charge in [-0.25, -0.2) is 4.79 Å². The highest BCUT2D eigenvalue weighted by Gasteiger charge is 2.35. The number of nitrogens with two attached hydrogens (primary N) is 1. The lowest BCUT2D eigenvalue weighted by Crippen LogP contribution is -2.51. The van der Waals surface area contributed by atoms with Gasteiger partial charge in [0, 0.05) is 12.3 Å². The van der Waals surface area contributed by atoms with E-state index in [1.165, 1.54) is 122 Å². The van der Waals surface area contributed by atoms with Crippen molar-refractivity contribution < 1.29 is 24.6 Å². The normalized spacial score (nSPS) is 13.5. The Morgan fingerprint density at radius 1 is 0.568 bits per heavy atom. The molecule has 0 radical (unpaired) electrons. The first-order chi connectivity index (χ1) is 21.4. The van der Waals surface area contributed by atoms with Crippen LogP contribution in [-0.4, -0.2) is 46.6 Å².